The van der Waals surface area contributed by atoms with Gasteiger partial charge < -0.3 is 4.57 Å². The van der Waals surface area contributed by atoms with Crippen molar-refractivity contribution in [1.29, 1.82) is 0 Å². The summed E-state index contributed by atoms with van der Waals surface area (Å²) in [7, 11) is 0. The summed E-state index contributed by atoms with van der Waals surface area (Å²) >= 11 is 8.23. The number of rotatable bonds is 4. The fourth-order valence-corrected chi connectivity index (χ4v) is 3.81. The minimum Gasteiger partial charge on any atom is -0.321 e. The minimum atomic E-state index is -0.0950. The van der Waals surface area contributed by atoms with Gasteiger partial charge in [-0.1, -0.05) is 19.1 Å². The van der Waals surface area contributed by atoms with Gasteiger partial charge in [0.1, 0.15) is 5.82 Å². The number of imidazole rings is 1. The van der Waals surface area contributed by atoms with Gasteiger partial charge in [0.2, 0.25) is 0 Å². The number of fused-ring (bicyclic) bond motifs is 1. The Morgan fingerprint density at radius 3 is 2.67 bits per heavy atom. The largest absolute Gasteiger partial charge is 0.321 e. The Kier molecular flexibility index (Phi) is 4.05. The van der Waals surface area contributed by atoms with Crippen LogP contribution in [0, 0.1) is 6.92 Å². The van der Waals surface area contributed by atoms with Gasteiger partial charge in [-0.2, -0.15) is 0 Å². The van der Waals surface area contributed by atoms with Crippen molar-refractivity contribution in [2.45, 2.75) is 39.1 Å². The molecule has 0 saturated heterocycles. The van der Waals surface area contributed by atoms with Gasteiger partial charge in [0.15, 0.2) is 0 Å². The summed E-state index contributed by atoms with van der Waals surface area (Å²) in [5.41, 5.74) is 3.48. The van der Waals surface area contributed by atoms with Crippen molar-refractivity contribution in [3.05, 3.63) is 51.5 Å². The molecular weight excluding hydrogens is 300 g/mol. The predicted octanol–water partition coefficient (Wildman–Crippen LogP) is 5.32. The van der Waals surface area contributed by atoms with Crippen LogP contribution < -0.4 is 0 Å². The van der Waals surface area contributed by atoms with Crippen molar-refractivity contribution in [2.24, 2.45) is 0 Å². The van der Waals surface area contributed by atoms with E-state index in [-0.39, 0.29) is 5.38 Å². The van der Waals surface area contributed by atoms with Gasteiger partial charge in [-0.05, 0) is 44.0 Å². The maximum atomic E-state index is 6.35. The molecule has 0 fully saturated rings. The lowest BCUT2D eigenvalue weighted by atomic mass is 10.2. The number of hydrogen-bond acceptors (Lipinski definition) is 2. The third-order valence-corrected chi connectivity index (χ3v) is 5.14. The second kappa shape index (κ2) is 5.82. The molecule has 3 rings (SSSR count). The van der Waals surface area contributed by atoms with E-state index in [1.165, 1.54) is 20.8 Å². The first-order valence-electron chi connectivity index (χ1n) is 7.27. The number of thiophene rings is 1. The average Bonchev–Trinajstić information content (AvgIpc) is 3.05. The summed E-state index contributed by atoms with van der Waals surface area (Å²) < 4.78 is 2.27. The van der Waals surface area contributed by atoms with Crippen molar-refractivity contribution >= 4 is 34.0 Å². The zero-order chi connectivity index (χ0) is 15.0. The molecule has 110 valence electrons. The van der Waals surface area contributed by atoms with Crippen LogP contribution in [0.25, 0.3) is 11.0 Å². The van der Waals surface area contributed by atoms with E-state index in [4.69, 9.17) is 16.6 Å². The first kappa shape index (κ1) is 14.6. The molecule has 0 saturated carbocycles. The maximum absolute atomic E-state index is 6.35. The Hall–Kier alpha value is -1.32. The van der Waals surface area contributed by atoms with Gasteiger partial charge in [-0.3, -0.25) is 0 Å². The highest BCUT2D eigenvalue weighted by Crippen LogP contribution is 2.29. The van der Waals surface area contributed by atoms with Crippen LogP contribution in [0.2, 0.25) is 0 Å². The van der Waals surface area contributed by atoms with Crippen molar-refractivity contribution in [3.63, 3.8) is 0 Å². The van der Waals surface area contributed by atoms with Gasteiger partial charge in [-0.25, -0.2) is 4.98 Å². The fourth-order valence-electron chi connectivity index (χ4n) is 2.70. The summed E-state index contributed by atoms with van der Waals surface area (Å²) in [6.07, 6.45) is 1.09. The molecule has 0 bridgehead atoms. The van der Waals surface area contributed by atoms with E-state index in [1.807, 2.05) is 18.3 Å². The third-order valence-electron chi connectivity index (χ3n) is 3.73. The first-order valence-corrected chi connectivity index (χ1v) is 8.52. The smallest absolute Gasteiger partial charge is 0.128 e. The molecule has 0 spiro atoms. The summed E-state index contributed by atoms with van der Waals surface area (Å²) in [5, 5.41) is -0.0950. The Morgan fingerprint density at radius 2 is 2.00 bits per heavy atom. The second-order valence-electron chi connectivity index (χ2n) is 5.34. The Morgan fingerprint density at radius 1 is 1.24 bits per heavy atom. The molecule has 0 aliphatic carbocycles. The number of para-hydroxylation sites is 1. The van der Waals surface area contributed by atoms with E-state index in [0.717, 1.165) is 24.3 Å². The molecule has 0 N–H and O–H groups in total. The summed E-state index contributed by atoms with van der Waals surface area (Å²) in [4.78, 5) is 7.51. The third kappa shape index (κ3) is 2.72. The lowest BCUT2D eigenvalue weighted by Gasteiger charge is -2.10. The highest BCUT2D eigenvalue weighted by molar-refractivity contribution is 7.11. The van der Waals surface area contributed by atoms with Gasteiger partial charge in [-0.15, -0.1) is 22.9 Å². The van der Waals surface area contributed by atoms with E-state index in [0.29, 0.717) is 0 Å². The number of benzene rings is 1. The summed E-state index contributed by atoms with van der Waals surface area (Å²) in [5.74, 6) is 0.951. The highest BCUT2D eigenvalue weighted by atomic mass is 35.5. The number of alkyl halides is 1. The van der Waals surface area contributed by atoms with Gasteiger partial charge >= 0.3 is 0 Å². The first-order chi connectivity index (χ1) is 10.1. The molecule has 2 heterocycles. The summed E-state index contributed by atoms with van der Waals surface area (Å²) in [6.45, 7) is 7.16. The van der Waals surface area contributed by atoms with E-state index in [1.54, 1.807) is 0 Å². The SMILES string of the molecule is CCc1ccc(Cn2c(C(C)Cl)nc3cccc(C)c32)s1. The fraction of sp³-hybridized carbons (Fsp3) is 0.353. The van der Waals surface area contributed by atoms with Gasteiger partial charge in [0.25, 0.3) is 0 Å². The van der Waals surface area contributed by atoms with Crippen molar-refractivity contribution in [2.75, 3.05) is 0 Å². The van der Waals surface area contributed by atoms with E-state index in [9.17, 15) is 0 Å². The molecule has 0 radical (unpaired) electrons. The molecule has 4 heteroatoms. The number of hydrogen-bond donors (Lipinski definition) is 0. The van der Waals surface area contributed by atoms with Crippen molar-refractivity contribution in [1.82, 2.24) is 9.55 Å². The van der Waals surface area contributed by atoms with Crippen LogP contribution in [0.3, 0.4) is 0 Å². The molecule has 1 aromatic carbocycles. The van der Waals surface area contributed by atoms with Crippen LogP contribution in [0.5, 0.6) is 0 Å². The Labute approximate surface area is 134 Å². The highest BCUT2D eigenvalue weighted by Gasteiger charge is 2.16. The van der Waals surface area contributed by atoms with Gasteiger partial charge in [0, 0.05) is 9.75 Å². The molecule has 3 aromatic rings. The molecule has 21 heavy (non-hydrogen) atoms. The summed E-state index contributed by atoms with van der Waals surface area (Å²) in [6, 6.07) is 10.7. The van der Waals surface area contributed by atoms with Crippen LogP contribution in [-0.2, 0) is 13.0 Å². The molecular formula is C17H19ClN2S. The maximum Gasteiger partial charge on any atom is 0.128 e. The van der Waals surface area contributed by atoms with Crippen molar-refractivity contribution in [3.8, 4) is 0 Å². The monoisotopic (exact) mass is 318 g/mol. The standard InChI is InChI=1S/C17H19ClN2S/c1-4-13-8-9-14(21-13)10-20-16-11(2)6-5-7-15(16)19-17(20)12(3)18/h5-9,12H,4,10H2,1-3H3. The average molecular weight is 319 g/mol. The molecule has 2 nitrogen and oxygen atoms in total. The van der Waals surface area contributed by atoms with Crippen LogP contribution in [0.1, 0.15) is 40.4 Å². The zero-order valence-corrected chi connectivity index (χ0v) is 14.1. The van der Waals surface area contributed by atoms with Crippen LogP contribution in [-0.4, -0.2) is 9.55 Å². The zero-order valence-electron chi connectivity index (χ0n) is 12.6. The molecule has 0 aliphatic heterocycles. The number of aryl methyl sites for hydroxylation is 2. The number of halogens is 1. The van der Waals surface area contributed by atoms with Crippen LogP contribution >= 0.6 is 22.9 Å². The van der Waals surface area contributed by atoms with Gasteiger partial charge in [0.05, 0.1) is 23.0 Å². The molecule has 1 atom stereocenters. The number of nitrogens with zero attached hydrogens (tertiary/aromatic N) is 2. The Bertz CT molecular complexity index is 770. The van der Waals surface area contributed by atoms with Crippen LogP contribution in [0.4, 0.5) is 0 Å². The van der Waals surface area contributed by atoms with E-state index in [2.05, 4.69) is 48.7 Å². The molecule has 2 aromatic heterocycles. The molecule has 0 aliphatic rings. The Balaban J connectivity index is 2.12. The minimum absolute atomic E-state index is 0.0950. The lowest BCUT2D eigenvalue weighted by molar-refractivity contribution is 0.749. The topological polar surface area (TPSA) is 17.8 Å². The van der Waals surface area contributed by atoms with Crippen LogP contribution in [0.15, 0.2) is 30.3 Å². The number of aromatic nitrogens is 2. The van der Waals surface area contributed by atoms with E-state index >= 15 is 0 Å². The molecule has 0 amide bonds. The van der Waals surface area contributed by atoms with Crippen molar-refractivity contribution < 1.29 is 0 Å². The second-order valence-corrected chi connectivity index (χ2v) is 7.24. The lowest BCUT2D eigenvalue weighted by Crippen LogP contribution is -2.05. The normalized spacial score (nSPS) is 13.0. The quantitative estimate of drug-likeness (QED) is 0.595. The van der Waals surface area contributed by atoms with E-state index < -0.39 is 0 Å². The molecule has 1 unspecified atom stereocenters. The predicted molar refractivity (Wildman–Crippen MR) is 91.5 cm³/mol.